The molecule has 8 heteroatoms. The minimum Gasteiger partial charge on any atom is -0.497 e. The molecule has 3 amide bonds. The molecule has 0 radical (unpaired) electrons. The first-order valence-electron chi connectivity index (χ1n) is 11.6. The Kier molecular flexibility index (Phi) is 8.93. The molecule has 0 aliphatic carbocycles. The molecular weight excluding hydrogens is 454 g/mol. The summed E-state index contributed by atoms with van der Waals surface area (Å²) in [6.07, 6.45) is 1.97. The molecule has 2 N–H and O–H groups in total. The van der Waals surface area contributed by atoms with Crippen LogP contribution in [0.25, 0.3) is 0 Å². The van der Waals surface area contributed by atoms with Crippen molar-refractivity contribution in [1.29, 1.82) is 0 Å². The molecule has 2 aromatic rings. The Hall–Kier alpha value is -3.06. The molecule has 0 bridgehead atoms. The van der Waals surface area contributed by atoms with Crippen LogP contribution in [0.3, 0.4) is 0 Å². The van der Waals surface area contributed by atoms with Gasteiger partial charge >= 0.3 is 0 Å². The lowest BCUT2D eigenvalue weighted by molar-refractivity contribution is -0.125. The molecule has 34 heavy (non-hydrogen) atoms. The van der Waals surface area contributed by atoms with Gasteiger partial charge in [-0.2, -0.15) is 0 Å². The van der Waals surface area contributed by atoms with Gasteiger partial charge in [0.15, 0.2) is 0 Å². The zero-order chi connectivity index (χ0) is 24.7. The molecule has 3 rings (SSSR count). The average molecular weight is 486 g/mol. The van der Waals surface area contributed by atoms with Crippen LogP contribution < -0.4 is 15.4 Å². The quantitative estimate of drug-likeness (QED) is 0.593. The molecule has 7 nitrogen and oxygen atoms in total. The van der Waals surface area contributed by atoms with Gasteiger partial charge in [0.05, 0.1) is 17.7 Å². The maximum Gasteiger partial charge on any atom is 0.253 e. The highest BCUT2D eigenvalue weighted by molar-refractivity contribution is 6.33. The number of likely N-dealkylation sites (tertiary alicyclic amines) is 1. The molecule has 1 fully saturated rings. The van der Waals surface area contributed by atoms with Crippen molar-refractivity contribution < 1.29 is 19.1 Å². The lowest BCUT2D eigenvalue weighted by Gasteiger charge is -2.36. The number of amides is 3. The Bertz CT molecular complexity index is 1020. The number of carbonyl (C=O) groups excluding carboxylic acids is 3. The predicted molar refractivity (Wildman–Crippen MR) is 132 cm³/mol. The van der Waals surface area contributed by atoms with E-state index in [4.69, 9.17) is 16.3 Å². The number of hydrogen-bond acceptors (Lipinski definition) is 4. The summed E-state index contributed by atoms with van der Waals surface area (Å²) in [5, 5.41) is 6.23. The van der Waals surface area contributed by atoms with Gasteiger partial charge in [0, 0.05) is 24.7 Å². The number of nitrogens with zero attached hydrogens (tertiary/aromatic N) is 1. The van der Waals surface area contributed by atoms with E-state index in [2.05, 4.69) is 10.6 Å². The van der Waals surface area contributed by atoms with Gasteiger partial charge in [-0.25, -0.2) is 0 Å². The minimum atomic E-state index is -0.716. The fraction of sp³-hybridized carbons (Fsp3) is 0.423. The number of methoxy groups -OCH3 is 1. The van der Waals surface area contributed by atoms with Crippen LogP contribution in [-0.2, 0) is 4.79 Å². The summed E-state index contributed by atoms with van der Waals surface area (Å²) >= 11 is 6.19. The van der Waals surface area contributed by atoms with Crippen molar-refractivity contribution in [1.82, 2.24) is 15.5 Å². The van der Waals surface area contributed by atoms with Gasteiger partial charge in [-0.3, -0.25) is 14.4 Å². The third-order valence-corrected chi connectivity index (χ3v) is 6.63. The van der Waals surface area contributed by atoms with Crippen LogP contribution in [-0.4, -0.2) is 54.9 Å². The van der Waals surface area contributed by atoms with E-state index in [-0.39, 0.29) is 29.7 Å². The van der Waals surface area contributed by atoms with Crippen molar-refractivity contribution in [2.45, 2.75) is 45.2 Å². The summed E-state index contributed by atoms with van der Waals surface area (Å²) in [7, 11) is 1.57. The van der Waals surface area contributed by atoms with Gasteiger partial charge in [-0.1, -0.05) is 36.7 Å². The van der Waals surface area contributed by atoms with Crippen molar-refractivity contribution >= 4 is 29.3 Å². The molecule has 0 spiro atoms. The zero-order valence-corrected chi connectivity index (χ0v) is 20.6. The molecule has 0 unspecified atom stereocenters. The number of benzene rings is 2. The lowest BCUT2D eigenvalue weighted by atomic mass is 9.88. The number of halogens is 1. The Labute approximate surface area is 205 Å². The fourth-order valence-electron chi connectivity index (χ4n) is 4.07. The summed E-state index contributed by atoms with van der Waals surface area (Å²) in [5.74, 6) is -0.148. The summed E-state index contributed by atoms with van der Waals surface area (Å²) in [5.41, 5.74) is 0.895. The van der Waals surface area contributed by atoms with E-state index < -0.39 is 6.04 Å². The molecule has 2 aromatic carbocycles. The first-order chi connectivity index (χ1) is 16.3. The topological polar surface area (TPSA) is 87.7 Å². The van der Waals surface area contributed by atoms with E-state index in [1.54, 1.807) is 60.5 Å². The van der Waals surface area contributed by atoms with Crippen LogP contribution >= 0.6 is 11.6 Å². The Morgan fingerprint density at radius 3 is 2.44 bits per heavy atom. The van der Waals surface area contributed by atoms with Gasteiger partial charge < -0.3 is 20.3 Å². The van der Waals surface area contributed by atoms with Gasteiger partial charge in [-0.15, -0.1) is 0 Å². The number of piperidine rings is 1. The maximum absolute atomic E-state index is 13.1. The van der Waals surface area contributed by atoms with Crippen LogP contribution in [0.2, 0.25) is 5.02 Å². The molecule has 1 heterocycles. The third-order valence-electron chi connectivity index (χ3n) is 6.30. The zero-order valence-electron chi connectivity index (χ0n) is 19.8. The second-order valence-corrected chi connectivity index (χ2v) is 9.02. The molecule has 0 aromatic heterocycles. The monoisotopic (exact) mass is 485 g/mol. The maximum atomic E-state index is 13.1. The van der Waals surface area contributed by atoms with E-state index in [9.17, 15) is 14.4 Å². The van der Waals surface area contributed by atoms with Gasteiger partial charge in [-0.05, 0) is 62.4 Å². The number of carbonyl (C=O) groups is 3. The fourth-order valence-corrected chi connectivity index (χ4v) is 4.29. The summed E-state index contributed by atoms with van der Waals surface area (Å²) < 4.78 is 5.23. The molecule has 182 valence electrons. The molecule has 1 aliphatic heterocycles. The summed E-state index contributed by atoms with van der Waals surface area (Å²) in [6.45, 7) is 4.91. The molecular formula is C26H32ClN3O4. The first-order valence-corrected chi connectivity index (χ1v) is 12.0. The number of nitrogens with one attached hydrogen (secondary N) is 2. The van der Waals surface area contributed by atoms with Crippen LogP contribution in [0.4, 0.5) is 0 Å². The molecule has 2 atom stereocenters. The van der Waals surface area contributed by atoms with Crippen LogP contribution in [0.5, 0.6) is 5.75 Å². The molecule has 1 aliphatic rings. The van der Waals surface area contributed by atoms with E-state index in [1.807, 2.05) is 13.8 Å². The standard InChI is InChI=1S/C26H32ClN3O4/c1-4-17(2)28-25(32)23(29-24(31)21-10-5-6-11-22(21)27)18-12-14-30(15-13-18)26(33)19-8-7-9-20(16-19)34-3/h5-11,16-18,23H,4,12-15H2,1-3H3,(H,28,32)(H,29,31)/t17-,23+/m1/s1. The smallest absolute Gasteiger partial charge is 0.253 e. The second kappa shape index (κ2) is 11.9. The van der Waals surface area contributed by atoms with Crippen LogP contribution in [0.1, 0.15) is 53.8 Å². The molecule has 1 saturated heterocycles. The number of rotatable bonds is 8. The van der Waals surface area contributed by atoms with Gasteiger partial charge in [0.1, 0.15) is 11.8 Å². The van der Waals surface area contributed by atoms with E-state index in [0.717, 1.165) is 6.42 Å². The van der Waals surface area contributed by atoms with Crippen molar-refractivity contribution in [2.75, 3.05) is 20.2 Å². The molecule has 0 saturated carbocycles. The van der Waals surface area contributed by atoms with Crippen LogP contribution in [0.15, 0.2) is 48.5 Å². The highest BCUT2D eigenvalue weighted by atomic mass is 35.5. The Morgan fingerprint density at radius 1 is 1.09 bits per heavy atom. The van der Waals surface area contributed by atoms with Gasteiger partial charge in [0.2, 0.25) is 5.91 Å². The van der Waals surface area contributed by atoms with E-state index >= 15 is 0 Å². The highest BCUT2D eigenvalue weighted by Gasteiger charge is 2.34. The van der Waals surface area contributed by atoms with Crippen molar-refractivity contribution in [2.24, 2.45) is 5.92 Å². The van der Waals surface area contributed by atoms with E-state index in [1.165, 1.54) is 0 Å². The summed E-state index contributed by atoms with van der Waals surface area (Å²) in [6, 6.07) is 13.1. The Balaban J connectivity index is 1.71. The third kappa shape index (κ3) is 6.29. The highest BCUT2D eigenvalue weighted by Crippen LogP contribution is 2.24. The Morgan fingerprint density at radius 2 is 1.79 bits per heavy atom. The van der Waals surface area contributed by atoms with Crippen LogP contribution in [0, 0.1) is 5.92 Å². The number of hydrogen-bond donors (Lipinski definition) is 2. The van der Waals surface area contributed by atoms with Crippen molar-refractivity contribution in [3.05, 3.63) is 64.7 Å². The lowest BCUT2D eigenvalue weighted by Crippen LogP contribution is -2.55. The minimum absolute atomic E-state index is 0.0121. The van der Waals surface area contributed by atoms with Gasteiger partial charge in [0.25, 0.3) is 11.8 Å². The largest absolute Gasteiger partial charge is 0.497 e. The average Bonchev–Trinajstić information content (AvgIpc) is 2.87. The van der Waals surface area contributed by atoms with Crippen molar-refractivity contribution in [3.63, 3.8) is 0 Å². The normalized spacial score (nSPS) is 15.8. The van der Waals surface area contributed by atoms with Crippen molar-refractivity contribution in [3.8, 4) is 5.75 Å². The SMILES string of the molecule is CC[C@@H](C)NC(=O)[C@@H](NC(=O)c1ccccc1Cl)C1CCN(C(=O)c2cccc(OC)c2)CC1. The number of ether oxygens (including phenoxy) is 1. The van der Waals surface area contributed by atoms with E-state index in [0.29, 0.717) is 47.8 Å². The summed E-state index contributed by atoms with van der Waals surface area (Å²) in [4.78, 5) is 40.8. The second-order valence-electron chi connectivity index (χ2n) is 8.61. The predicted octanol–water partition coefficient (Wildman–Crippen LogP) is 3.91. The first kappa shape index (κ1) is 25.6.